The van der Waals surface area contributed by atoms with Crippen LogP contribution in [-0.4, -0.2) is 61.5 Å². The highest BCUT2D eigenvalue weighted by Gasteiger charge is 2.26. The molecular weight excluding hydrogens is 332 g/mol. The molecule has 0 spiro atoms. The number of aryl methyl sites for hydroxylation is 3. The highest BCUT2D eigenvalue weighted by atomic mass is 16.2. The monoisotopic (exact) mass is 356 g/mol. The molecule has 0 bridgehead atoms. The summed E-state index contributed by atoms with van der Waals surface area (Å²) in [5.74, 6) is 0.0155. The number of hydrogen-bond donors (Lipinski definition) is 0. The number of nitrogens with zero attached hydrogens (tertiary/aromatic N) is 6. The van der Waals surface area contributed by atoms with E-state index < -0.39 is 0 Å². The van der Waals surface area contributed by atoms with Crippen molar-refractivity contribution in [2.45, 2.75) is 39.8 Å². The van der Waals surface area contributed by atoms with Gasteiger partial charge in [-0.3, -0.25) is 9.59 Å². The number of carbonyl (C=O) groups is 2. The minimum absolute atomic E-state index is 0.00392. The Hall–Kier alpha value is -2.77. The molecule has 0 unspecified atom stereocenters. The molecule has 8 nitrogen and oxygen atoms in total. The van der Waals surface area contributed by atoms with Crippen molar-refractivity contribution in [3.63, 3.8) is 0 Å². The summed E-state index contributed by atoms with van der Waals surface area (Å²) in [5, 5.41) is 10.9. The van der Waals surface area contributed by atoms with Gasteiger partial charge in [-0.25, -0.2) is 4.68 Å². The number of aromatic nitrogens is 4. The summed E-state index contributed by atoms with van der Waals surface area (Å²) >= 11 is 0. The molecular formula is C18H24N6O2. The lowest BCUT2D eigenvalue weighted by molar-refractivity contribution is -0.145. The lowest BCUT2D eigenvalue weighted by atomic mass is 10.1. The van der Waals surface area contributed by atoms with Crippen LogP contribution in [0.2, 0.25) is 0 Å². The first-order chi connectivity index (χ1) is 12.5. The van der Waals surface area contributed by atoms with Crippen LogP contribution in [0.15, 0.2) is 24.5 Å². The van der Waals surface area contributed by atoms with E-state index in [2.05, 4.69) is 47.6 Å². The molecule has 0 saturated carbocycles. The smallest absolute Gasteiger partial charge is 0.242 e. The van der Waals surface area contributed by atoms with Gasteiger partial charge in [-0.2, -0.15) is 0 Å². The number of rotatable bonds is 6. The van der Waals surface area contributed by atoms with Crippen molar-refractivity contribution in [1.82, 2.24) is 30.0 Å². The third kappa shape index (κ3) is 4.65. The lowest BCUT2D eigenvalue weighted by Gasteiger charge is -2.34. The maximum Gasteiger partial charge on any atom is 0.242 e. The summed E-state index contributed by atoms with van der Waals surface area (Å²) in [6.45, 7) is 6.63. The summed E-state index contributed by atoms with van der Waals surface area (Å²) in [7, 11) is 0. The molecule has 1 aliphatic rings. The SMILES string of the molecule is Cc1cc(C)cc(CN2CCN(C(=O)CCCn3cnnn3)CC2=O)c1. The molecule has 0 aliphatic carbocycles. The quantitative estimate of drug-likeness (QED) is 0.769. The largest absolute Gasteiger partial charge is 0.335 e. The minimum atomic E-state index is 0.00392. The Morgan fingerprint density at radius 1 is 1.15 bits per heavy atom. The van der Waals surface area contributed by atoms with Crippen molar-refractivity contribution in [2.24, 2.45) is 0 Å². The highest BCUT2D eigenvalue weighted by Crippen LogP contribution is 2.14. The van der Waals surface area contributed by atoms with Crippen molar-refractivity contribution < 1.29 is 9.59 Å². The van der Waals surface area contributed by atoms with E-state index in [0.717, 1.165) is 5.56 Å². The number of hydrogen-bond acceptors (Lipinski definition) is 5. The van der Waals surface area contributed by atoms with E-state index in [4.69, 9.17) is 0 Å². The maximum absolute atomic E-state index is 12.4. The van der Waals surface area contributed by atoms with Crippen LogP contribution in [0, 0.1) is 13.8 Å². The van der Waals surface area contributed by atoms with E-state index in [-0.39, 0.29) is 18.4 Å². The van der Waals surface area contributed by atoms with Gasteiger partial charge in [0, 0.05) is 32.6 Å². The van der Waals surface area contributed by atoms with Crippen molar-refractivity contribution in [3.05, 3.63) is 41.2 Å². The first kappa shape index (κ1) is 18.0. The topological polar surface area (TPSA) is 84.2 Å². The molecule has 1 fully saturated rings. The van der Waals surface area contributed by atoms with E-state index in [1.807, 2.05) is 4.90 Å². The Morgan fingerprint density at radius 3 is 2.58 bits per heavy atom. The van der Waals surface area contributed by atoms with Crippen LogP contribution < -0.4 is 0 Å². The normalized spacial score (nSPS) is 14.8. The van der Waals surface area contributed by atoms with Gasteiger partial charge in [0.2, 0.25) is 11.8 Å². The second-order valence-electron chi connectivity index (χ2n) is 6.80. The van der Waals surface area contributed by atoms with Crippen LogP contribution in [0.3, 0.4) is 0 Å². The minimum Gasteiger partial charge on any atom is -0.335 e. The lowest BCUT2D eigenvalue weighted by Crippen LogP contribution is -2.51. The molecule has 2 heterocycles. The predicted octanol–water partition coefficient (Wildman–Crippen LogP) is 0.941. The zero-order chi connectivity index (χ0) is 18.5. The third-order valence-corrected chi connectivity index (χ3v) is 4.50. The first-order valence-electron chi connectivity index (χ1n) is 8.85. The molecule has 3 rings (SSSR count). The fraction of sp³-hybridized carbons (Fsp3) is 0.500. The Morgan fingerprint density at radius 2 is 1.92 bits per heavy atom. The Balaban J connectivity index is 1.48. The average molecular weight is 356 g/mol. The first-order valence-corrected chi connectivity index (χ1v) is 8.85. The standard InChI is InChI=1S/C18H24N6O2/c1-14-8-15(2)10-16(9-14)11-22-6-7-23(12-18(22)26)17(25)4-3-5-24-13-19-20-21-24/h8-10,13H,3-7,11-12H2,1-2H3. The average Bonchev–Trinajstić information content (AvgIpc) is 3.09. The number of amides is 2. The molecule has 1 aromatic carbocycles. The Kier molecular flexibility index (Phi) is 5.60. The van der Waals surface area contributed by atoms with Crippen LogP contribution in [0.25, 0.3) is 0 Å². The van der Waals surface area contributed by atoms with Gasteiger partial charge in [0.25, 0.3) is 0 Å². The van der Waals surface area contributed by atoms with Crippen LogP contribution in [0.5, 0.6) is 0 Å². The van der Waals surface area contributed by atoms with Crippen LogP contribution in [-0.2, 0) is 22.7 Å². The second-order valence-corrected chi connectivity index (χ2v) is 6.80. The van der Waals surface area contributed by atoms with E-state index in [9.17, 15) is 9.59 Å². The van der Waals surface area contributed by atoms with E-state index in [1.54, 1.807) is 9.58 Å². The van der Waals surface area contributed by atoms with Gasteiger partial charge in [-0.1, -0.05) is 29.3 Å². The number of tetrazole rings is 1. The summed E-state index contributed by atoms with van der Waals surface area (Å²) in [5.41, 5.74) is 3.53. The molecule has 26 heavy (non-hydrogen) atoms. The molecule has 1 saturated heterocycles. The Bertz CT molecular complexity index is 754. The summed E-state index contributed by atoms with van der Waals surface area (Å²) in [6.07, 6.45) is 2.57. The fourth-order valence-corrected chi connectivity index (χ4v) is 3.30. The van der Waals surface area contributed by atoms with Gasteiger partial charge in [0.15, 0.2) is 0 Å². The van der Waals surface area contributed by atoms with Crippen molar-refractivity contribution in [2.75, 3.05) is 19.6 Å². The summed E-state index contributed by atoms with van der Waals surface area (Å²) in [4.78, 5) is 28.3. The van der Waals surface area contributed by atoms with Crippen LogP contribution in [0.1, 0.15) is 29.5 Å². The third-order valence-electron chi connectivity index (χ3n) is 4.50. The zero-order valence-electron chi connectivity index (χ0n) is 15.3. The van der Waals surface area contributed by atoms with Gasteiger partial charge in [-0.15, -0.1) is 5.10 Å². The summed E-state index contributed by atoms with van der Waals surface area (Å²) in [6, 6.07) is 6.34. The fourth-order valence-electron chi connectivity index (χ4n) is 3.30. The molecule has 2 aromatic rings. The Labute approximate surface area is 152 Å². The van der Waals surface area contributed by atoms with Gasteiger partial charge < -0.3 is 9.80 Å². The van der Waals surface area contributed by atoms with E-state index in [0.29, 0.717) is 39.0 Å². The van der Waals surface area contributed by atoms with Crippen LogP contribution in [0.4, 0.5) is 0 Å². The molecule has 0 atom stereocenters. The molecule has 1 aromatic heterocycles. The van der Waals surface area contributed by atoms with E-state index >= 15 is 0 Å². The van der Waals surface area contributed by atoms with Gasteiger partial charge >= 0.3 is 0 Å². The molecule has 1 aliphatic heterocycles. The molecule has 0 N–H and O–H groups in total. The van der Waals surface area contributed by atoms with Crippen molar-refractivity contribution in [3.8, 4) is 0 Å². The van der Waals surface area contributed by atoms with E-state index in [1.165, 1.54) is 17.5 Å². The molecule has 138 valence electrons. The molecule has 8 heteroatoms. The van der Waals surface area contributed by atoms with Crippen molar-refractivity contribution >= 4 is 11.8 Å². The number of benzene rings is 1. The summed E-state index contributed by atoms with van der Waals surface area (Å²) < 4.78 is 1.60. The van der Waals surface area contributed by atoms with Crippen LogP contribution >= 0.6 is 0 Å². The second kappa shape index (κ2) is 8.07. The number of carbonyl (C=O) groups excluding carboxylic acids is 2. The number of piperazine rings is 1. The van der Waals surface area contributed by atoms with Gasteiger partial charge in [0.1, 0.15) is 6.33 Å². The highest BCUT2D eigenvalue weighted by molar-refractivity contribution is 5.86. The van der Waals surface area contributed by atoms with Gasteiger partial charge in [-0.05, 0) is 36.3 Å². The molecule has 2 amide bonds. The zero-order valence-corrected chi connectivity index (χ0v) is 15.3. The van der Waals surface area contributed by atoms with Crippen molar-refractivity contribution in [1.29, 1.82) is 0 Å². The predicted molar refractivity (Wildman–Crippen MR) is 95.0 cm³/mol. The maximum atomic E-state index is 12.4. The molecule has 0 radical (unpaired) electrons. The van der Waals surface area contributed by atoms with Gasteiger partial charge in [0.05, 0.1) is 6.54 Å².